The van der Waals surface area contributed by atoms with E-state index in [0.717, 1.165) is 41.8 Å². The van der Waals surface area contributed by atoms with Crippen LogP contribution >= 0.6 is 11.3 Å². The molecule has 1 aliphatic carbocycles. The van der Waals surface area contributed by atoms with Gasteiger partial charge in [-0.2, -0.15) is 0 Å². The maximum atomic E-state index is 14.0. The molecule has 5 nitrogen and oxygen atoms in total. The zero-order chi connectivity index (χ0) is 23.4. The van der Waals surface area contributed by atoms with Gasteiger partial charge in [-0.3, -0.25) is 14.5 Å². The molecule has 172 valence electrons. The number of amides is 2. The summed E-state index contributed by atoms with van der Waals surface area (Å²) in [7, 11) is 0. The number of carbonyl (C=O) groups is 2. The van der Waals surface area contributed by atoms with Gasteiger partial charge in [0.1, 0.15) is 10.9 Å². The molecule has 1 fully saturated rings. The van der Waals surface area contributed by atoms with Crippen LogP contribution in [0.15, 0.2) is 54.6 Å². The van der Waals surface area contributed by atoms with Gasteiger partial charge in [0, 0.05) is 11.7 Å². The first-order chi connectivity index (χ1) is 15.9. The van der Waals surface area contributed by atoms with Gasteiger partial charge < -0.3 is 5.32 Å². The predicted octanol–water partition coefficient (Wildman–Crippen LogP) is 5.91. The maximum Gasteiger partial charge on any atom is 0.271 e. The van der Waals surface area contributed by atoms with E-state index in [0.29, 0.717) is 16.3 Å². The number of hydrogen-bond acceptors (Lipinski definition) is 4. The Morgan fingerprint density at radius 2 is 1.73 bits per heavy atom. The Labute approximate surface area is 199 Å². The molecule has 1 unspecified atom stereocenters. The minimum absolute atomic E-state index is 0.137. The van der Waals surface area contributed by atoms with Gasteiger partial charge in [-0.1, -0.05) is 61.7 Å². The molecular weight excluding hydrogens is 430 g/mol. The topological polar surface area (TPSA) is 62.3 Å². The number of nitrogens with zero attached hydrogens (tertiary/aromatic N) is 2. The van der Waals surface area contributed by atoms with Gasteiger partial charge in [-0.15, -0.1) is 11.3 Å². The second-order valence-electron chi connectivity index (χ2n) is 8.82. The van der Waals surface area contributed by atoms with Crippen LogP contribution < -0.4 is 10.2 Å². The Morgan fingerprint density at radius 1 is 1.00 bits per heavy atom. The highest BCUT2D eigenvalue weighted by molar-refractivity contribution is 7.13. The highest BCUT2D eigenvalue weighted by atomic mass is 32.1. The Morgan fingerprint density at radius 3 is 2.36 bits per heavy atom. The fourth-order valence-electron chi connectivity index (χ4n) is 4.58. The molecule has 0 bridgehead atoms. The molecule has 2 amide bonds. The van der Waals surface area contributed by atoms with Crippen molar-refractivity contribution in [2.24, 2.45) is 0 Å². The van der Waals surface area contributed by atoms with Gasteiger partial charge in [0.2, 0.25) is 5.91 Å². The minimum Gasteiger partial charge on any atom is -0.351 e. The van der Waals surface area contributed by atoms with Gasteiger partial charge >= 0.3 is 0 Å². The first-order valence-corrected chi connectivity index (χ1v) is 12.5. The van der Waals surface area contributed by atoms with Crippen LogP contribution in [0.1, 0.15) is 69.6 Å². The monoisotopic (exact) mass is 461 g/mol. The molecule has 0 saturated heterocycles. The van der Waals surface area contributed by atoms with Gasteiger partial charge in [0.05, 0.1) is 10.7 Å². The lowest BCUT2D eigenvalue weighted by atomic mass is 9.94. The molecule has 1 N–H and O–H groups in total. The maximum absolute atomic E-state index is 14.0. The van der Waals surface area contributed by atoms with Crippen molar-refractivity contribution in [2.75, 3.05) is 4.90 Å². The van der Waals surface area contributed by atoms with E-state index in [9.17, 15) is 9.59 Å². The molecule has 0 spiro atoms. The first-order valence-electron chi connectivity index (χ1n) is 11.6. The number of hydrogen-bond donors (Lipinski definition) is 1. The molecule has 1 aliphatic rings. The number of anilines is 1. The fourth-order valence-corrected chi connectivity index (χ4v) is 5.44. The fraction of sp³-hybridized carbons (Fsp3) is 0.370. The van der Waals surface area contributed by atoms with Gasteiger partial charge in [-0.25, -0.2) is 4.98 Å². The van der Waals surface area contributed by atoms with E-state index in [2.05, 4.69) is 10.3 Å². The van der Waals surface area contributed by atoms with E-state index < -0.39 is 6.04 Å². The number of nitrogens with one attached hydrogen (secondary N) is 1. The number of carbonyl (C=O) groups excluding carboxylic acids is 2. The summed E-state index contributed by atoms with van der Waals surface area (Å²) in [5.41, 5.74) is 3.22. The van der Waals surface area contributed by atoms with Crippen LogP contribution in [0.25, 0.3) is 0 Å². The van der Waals surface area contributed by atoms with Gasteiger partial charge in [0.25, 0.3) is 5.91 Å². The summed E-state index contributed by atoms with van der Waals surface area (Å²) in [5.74, 6) is -0.335. The summed E-state index contributed by atoms with van der Waals surface area (Å²) in [4.78, 5) is 34.5. The average Bonchev–Trinajstić information content (AvgIpc) is 3.16. The van der Waals surface area contributed by atoms with Gasteiger partial charge in [-0.05, 0) is 56.9 Å². The van der Waals surface area contributed by atoms with Crippen LogP contribution in [-0.2, 0) is 4.79 Å². The number of aromatic nitrogens is 1. The van der Waals surface area contributed by atoms with Crippen molar-refractivity contribution < 1.29 is 9.59 Å². The van der Waals surface area contributed by atoms with Crippen molar-refractivity contribution in [3.05, 3.63) is 81.3 Å². The number of benzene rings is 2. The van der Waals surface area contributed by atoms with Crippen molar-refractivity contribution in [1.29, 1.82) is 0 Å². The summed E-state index contributed by atoms with van der Waals surface area (Å²) in [6, 6.07) is 16.8. The molecule has 3 aromatic rings. The van der Waals surface area contributed by atoms with E-state index in [1.165, 1.54) is 17.8 Å². The molecule has 0 aliphatic heterocycles. The molecule has 33 heavy (non-hydrogen) atoms. The smallest absolute Gasteiger partial charge is 0.271 e. The number of thiazole rings is 1. The van der Waals surface area contributed by atoms with Crippen molar-refractivity contribution in [1.82, 2.24) is 10.3 Å². The Hall–Kier alpha value is -2.99. The lowest BCUT2D eigenvalue weighted by molar-refractivity contribution is -0.123. The molecule has 2 aromatic carbocycles. The second kappa shape index (κ2) is 10.3. The molecule has 6 heteroatoms. The highest BCUT2D eigenvalue weighted by Gasteiger charge is 2.36. The summed E-state index contributed by atoms with van der Waals surface area (Å²) in [6.45, 7) is 5.74. The highest BCUT2D eigenvalue weighted by Crippen LogP contribution is 2.33. The summed E-state index contributed by atoms with van der Waals surface area (Å²) < 4.78 is 0. The van der Waals surface area contributed by atoms with Crippen molar-refractivity contribution >= 4 is 28.8 Å². The zero-order valence-corrected chi connectivity index (χ0v) is 20.3. The minimum atomic E-state index is -0.774. The van der Waals surface area contributed by atoms with E-state index in [-0.39, 0.29) is 17.9 Å². The lowest BCUT2D eigenvalue weighted by Crippen LogP contribution is -2.47. The van der Waals surface area contributed by atoms with E-state index in [1.54, 1.807) is 4.90 Å². The van der Waals surface area contributed by atoms with E-state index >= 15 is 0 Å². The quantitative estimate of drug-likeness (QED) is 0.497. The van der Waals surface area contributed by atoms with Gasteiger partial charge in [0.15, 0.2) is 0 Å². The number of aryl methyl sites for hydroxylation is 3. The van der Waals surface area contributed by atoms with Crippen LogP contribution in [0, 0.1) is 20.8 Å². The third kappa shape index (κ3) is 5.33. The normalized spacial score (nSPS) is 15.1. The van der Waals surface area contributed by atoms with Crippen LogP contribution in [0.5, 0.6) is 0 Å². The Kier molecular flexibility index (Phi) is 7.23. The molecule has 1 saturated carbocycles. The molecule has 4 rings (SSSR count). The standard InChI is InChI=1S/C27H31N3O2S/c1-18-11-10-16-23(17-18)30(27(32)25-19(2)28-20(3)33-25)24(21-12-6-4-7-13-21)26(31)29-22-14-8-5-9-15-22/h4,6-7,10-13,16-17,22,24H,5,8-9,14-15H2,1-3H3,(H,29,31). The second-order valence-corrected chi connectivity index (χ2v) is 10.0. The summed E-state index contributed by atoms with van der Waals surface area (Å²) >= 11 is 1.38. The van der Waals surface area contributed by atoms with Crippen molar-refractivity contribution in [2.45, 2.75) is 65.0 Å². The first kappa shape index (κ1) is 23.2. The molecule has 1 aromatic heterocycles. The Balaban J connectivity index is 1.81. The molecule has 1 heterocycles. The summed E-state index contributed by atoms with van der Waals surface area (Å²) in [5, 5.41) is 4.10. The molecule has 0 radical (unpaired) electrons. The van der Waals surface area contributed by atoms with Crippen LogP contribution in [0.2, 0.25) is 0 Å². The summed E-state index contributed by atoms with van der Waals surface area (Å²) in [6.07, 6.45) is 5.44. The van der Waals surface area contributed by atoms with Crippen LogP contribution in [0.4, 0.5) is 5.69 Å². The van der Waals surface area contributed by atoms with E-state index in [4.69, 9.17) is 0 Å². The van der Waals surface area contributed by atoms with Crippen molar-refractivity contribution in [3.63, 3.8) is 0 Å². The SMILES string of the molecule is Cc1cccc(N(C(=O)c2sc(C)nc2C)C(C(=O)NC2CCCCC2)c2ccccc2)c1. The van der Waals surface area contributed by atoms with Crippen LogP contribution in [0.3, 0.4) is 0 Å². The number of rotatable bonds is 6. The largest absolute Gasteiger partial charge is 0.351 e. The molecular formula is C27H31N3O2S. The third-order valence-electron chi connectivity index (χ3n) is 6.17. The molecule has 1 atom stereocenters. The van der Waals surface area contributed by atoms with Crippen LogP contribution in [-0.4, -0.2) is 22.8 Å². The lowest BCUT2D eigenvalue weighted by Gasteiger charge is -2.33. The third-order valence-corrected chi connectivity index (χ3v) is 7.23. The predicted molar refractivity (Wildman–Crippen MR) is 134 cm³/mol. The Bertz CT molecular complexity index is 1120. The zero-order valence-electron chi connectivity index (χ0n) is 19.5. The van der Waals surface area contributed by atoms with E-state index in [1.807, 2.05) is 75.4 Å². The van der Waals surface area contributed by atoms with Crippen molar-refractivity contribution in [3.8, 4) is 0 Å². The average molecular weight is 462 g/mol.